The van der Waals surface area contributed by atoms with Crippen molar-refractivity contribution in [3.8, 4) is 0 Å². The third kappa shape index (κ3) is 5.83. The van der Waals surface area contributed by atoms with Crippen molar-refractivity contribution >= 4 is 33.5 Å². The number of carbonyl (C=O) groups is 3. The molecule has 32 heavy (non-hydrogen) atoms. The summed E-state index contributed by atoms with van der Waals surface area (Å²) in [7, 11) is -3.80. The first kappa shape index (κ1) is 24.1. The van der Waals surface area contributed by atoms with Gasteiger partial charge >= 0.3 is 6.09 Å². The number of ether oxygens (including phenoxy) is 1. The summed E-state index contributed by atoms with van der Waals surface area (Å²) in [5, 5.41) is 2.49. The smallest absolute Gasteiger partial charge is 0.410 e. The molecule has 0 aliphatic carbocycles. The van der Waals surface area contributed by atoms with Crippen LogP contribution in [-0.4, -0.2) is 67.2 Å². The predicted octanol–water partition coefficient (Wildman–Crippen LogP) is 2.13. The second-order valence-corrected chi connectivity index (χ2v) is 11.0. The van der Waals surface area contributed by atoms with Crippen LogP contribution in [0.15, 0.2) is 18.2 Å². The minimum absolute atomic E-state index is 0.00793. The number of hydrogen-bond donors (Lipinski definition) is 1. The molecule has 0 atom stereocenters. The molecule has 2 saturated heterocycles. The zero-order valence-corrected chi connectivity index (χ0v) is 19.2. The maximum atomic E-state index is 14.9. The summed E-state index contributed by atoms with van der Waals surface area (Å²) in [6.07, 6.45) is -0.210. The highest BCUT2D eigenvalue weighted by Gasteiger charge is 2.38. The van der Waals surface area contributed by atoms with Crippen LogP contribution >= 0.6 is 0 Å². The fourth-order valence-electron chi connectivity index (χ4n) is 3.44. The Kier molecular flexibility index (Phi) is 6.89. The molecule has 0 bridgehead atoms. The van der Waals surface area contributed by atoms with Gasteiger partial charge in [0.05, 0.1) is 17.4 Å². The first-order chi connectivity index (χ1) is 14.9. The maximum Gasteiger partial charge on any atom is 0.410 e. The van der Waals surface area contributed by atoms with E-state index < -0.39 is 45.1 Å². The normalized spacial score (nSPS) is 18.2. The Morgan fingerprint density at radius 2 is 1.81 bits per heavy atom. The van der Waals surface area contributed by atoms with Crippen molar-refractivity contribution in [3.63, 3.8) is 0 Å². The lowest BCUT2D eigenvalue weighted by Gasteiger charge is -2.38. The van der Waals surface area contributed by atoms with Gasteiger partial charge in [0.15, 0.2) is 5.82 Å². The van der Waals surface area contributed by atoms with E-state index in [0.717, 1.165) is 0 Å². The summed E-state index contributed by atoms with van der Waals surface area (Å²) in [6, 6.07) is 4.18. The maximum absolute atomic E-state index is 14.9. The number of anilines is 1. The third-order valence-corrected chi connectivity index (χ3v) is 7.08. The number of sulfonamides is 1. The van der Waals surface area contributed by atoms with E-state index in [9.17, 15) is 27.2 Å². The Bertz CT molecular complexity index is 1000. The number of nitrogens with one attached hydrogen (secondary N) is 1. The Morgan fingerprint density at radius 1 is 1.19 bits per heavy atom. The summed E-state index contributed by atoms with van der Waals surface area (Å²) in [5.41, 5.74) is -0.825. The van der Waals surface area contributed by atoms with Crippen molar-refractivity contribution in [2.24, 2.45) is 5.92 Å². The number of amides is 2. The van der Waals surface area contributed by atoms with E-state index in [1.165, 1.54) is 27.4 Å². The fraction of sp³-hybridized carbons (Fsp3) is 0.571. The number of nitrogens with zero attached hydrogens (tertiary/aromatic N) is 2. The molecule has 2 heterocycles. The highest BCUT2D eigenvalue weighted by molar-refractivity contribution is 7.88. The largest absolute Gasteiger partial charge is 0.444 e. The van der Waals surface area contributed by atoms with Crippen molar-refractivity contribution in [1.82, 2.24) is 9.21 Å². The lowest BCUT2D eigenvalue weighted by molar-refractivity contribution is -0.124. The van der Waals surface area contributed by atoms with Gasteiger partial charge in [0.1, 0.15) is 11.4 Å². The summed E-state index contributed by atoms with van der Waals surface area (Å²) >= 11 is 0. The van der Waals surface area contributed by atoms with Crippen molar-refractivity contribution < 1.29 is 31.9 Å². The van der Waals surface area contributed by atoms with Gasteiger partial charge in [-0.1, -0.05) is 12.1 Å². The van der Waals surface area contributed by atoms with E-state index in [4.69, 9.17) is 4.74 Å². The van der Waals surface area contributed by atoms with Gasteiger partial charge < -0.3 is 15.0 Å². The number of rotatable bonds is 5. The van der Waals surface area contributed by atoms with E-state index >= 15 is 0 Å². The first-order valence-electron chi connectivity index (χ1n) is 10.4. The number of hydrogen-bond acceptors (Lipinski definition) is 6. The van der Waals surface area contributed by atoms with Crippen molar-refractivity contribution in [1.29, 1.82) is 0 Å². The highest BCUT2D eigenvalue weighted by Crippen LogP contribution is 2.25. The molecule has 3 rings (SSSR count). The average Bonchev–Trinajstić information content (AvgIpc) is 2.62. The Morgan fingerprint density at radius 3 is 2.41 bits per heavy atom. The zero-order chi connectivity index (χ0) is 23.7. The summed E-state index contributed by atoms with van der Waals surface area (Å²) < 4.78 is 46.6. The molecular formula is C21H28FN3O6S. The SMILES string of the molecule is CC(C)(C)OC(=O)N1CC(C(=O)Nc2cccc(CS(=O)(=O)N3CCC(=O)CC3)c2F)C1. The van der Waals surface area contributed by atoms with E-state index in [2.05, 4.69) is 5.32 Å². The molecule has 2 aliphatic heterocycles. The van der Waals surface area contributed by atoms with Gasteiger partial charge in [0.25, 0.3) is 0 Å². The number of likely N-dealkylation sites (tertiary alicyclic amines) is 1. The topological polar surface area (TPSA) is 113 Å². The minimum Gasteiger partial charge on any atom is -0.444 e. The molecule has 0 aromatic heterocycles. The van der Waals surface area contributed by atoms with E-state index in [0.29, 0.717) is 0 Å². The summed E-state index contributed by atoms with van der Waals surface area (Å²) in [4.78, 5) is 37.2. The lowest BCUT2D eigenvalue weighted by Crippen LogP contribution is -2.55. The number of halogens is 1. The second-order valence-electron chi connectivity index (χ2n) is 9.04. The molecule has 2 fully saturated rings. The molecule has 0 unspecified atom stereocenters. The van der Waals surface area contributed by atoms with Crippen LogP contribution in [0.5, 0.6) is 0 Å². The molecule has 2 amide bonds. The molecular weight excluding hydrogens is 441 g/mol. The molecule has 1 aromatic rings. The van der Waals surface area contributed by atoms with Crippen molar-refractivity contribution in [2.75, 3.05) is 31.5 Å². The van der Waals surface area contributed by atoms with Gasteiger partial charge in [-0.25, -0.2) is 21.9 Å². The van der Waals surface area contributed by atoms with Gasteiger partial charge in [0, 0.05) is 44.6 Å². The zero-order valence-electron chi connectivity index (χ0n) is 18.4. The van der Waals surface area contributed by atoms with E-state index in [-0.39, 0.29) is 56.1 Å². The van der Waals surface area contributed by atoms with Gasteiger partial charge in [-0.2, -0.15) is 0 Å². The lowest BCUT2D eigenvalue weighted by atomic mass is 9.99. The molecule has 0 radical (unpaired) electrons. The number of piperidine rings is 1. The fourth-order valence-corrected chi connectivity index (χ4v) is 4.98. The molecule has 11 heteroatoms. The minimum atomic E-state index is -3.80. The highest BCUT2D eigenvalue weighted by atomic mass is 32.2. The number of benzene rings is 1. The molecule has 0 saturated carbocycles. The van der Waals surface area contributed by atoms with Gasteiger partial charge in [-0.15, -0.1) is 0 Å². The van der Waals surface area contributed by atoms with Gasteiger partial charge in [0.2, 0.25) is 15.9 Å². The molecule has 9 nitrogen and oxygen atoms in total. The Hall–Kier alpha value is -2.53. The number of carbonyl (C=O) groups excluding carboxylic acids is 3. The standard InChI is InChI=1S/C21H28FN3O6S/c1-21(2,3)31-20(28)24-11-15(12-24)19(27)23-17-6-4-5-14(18(17)22)13-32(29,30)25-9-7-16(26)8-10-25/h4-6,15H,7-13H2,1-3H3,(H,23,27). The van der Waals surface area contributed by atoms with Crippen LogP contribution in [0, 0.1) is 11.7 Å². The third-order valence-electron chi connectivity index (χ3n) is 5.25. The average molecular weight is 470 g/mol. The van der Waals surface area contributed by atoms with Crippen LogP contribution in [0.25, 0.3) is 0 Å². The van der Waals surface area contributed by atoms with Gasteiger partial charge in [-0.05, 0) is 26.8 Å². The van der Waals surface area contributed by atoms with Crippen molar-refractivity contribution in [3.05, 3.63) is 29.6 Å². The summed E-state index contributed by atoms with van der Waals surface area (Å²) in [5.74, 6) is -2.35. The molecule has 0 spiro atoms. The van der Waals surface area contributed by atoms with Crippen LogP contribution in [0.3, 0.4) is 0 Å². The quantitative estimate of drug-likeness (QED) is 0.707. The van der Waals surface area contributed by atoms with Crippen LogP contribution < -0.4 is 5.32 Å². The molecule has 1 aromatic carbocycles. The van der Waals surface area contributed by atoms with Crippen LogP contribution in [-0.2, 0) is 30.1 Å². The monoisotopic (exact) mass is 469 g/mol. The number of Topliss-reactive ketones (excluding diaryl/α,β-unsaturated/α-hetero) is 1. The molecule has 176 valence electrons. The molecule has 2 aliphatic rings. The second kappa shape index (κ2) is 9.14. The Balaban J connectivity index is 1.59. The molecule has 1 N–H and O–H groups in total. The van der Waals surface area contributed by atoms with E-state index in [1.807, 2.05) is 0 Å². The van der Waals surface area contributed by atoms with Gasteiger partial charge in [-0.3, -0.25) is 9.59 Å². The van der Waals surface area contributed by atoms with E-state index in [1.54, 1.807) is 20.8 Å². The Labute approximate surface area is 186 Å². The summed E-state index contributed by atoms with van der Waals surface area (Å²) in [6.45, 7) is 5.74. The first-order valence-corrected chi connectivity index (χ1v) is 12.0. The van der Waals surface area contributed by atoms with Crippen LogP contribution in [0.2, 0.25) is 0 Å². The van der Waals surface area contributed by atoms with Crippen molar-refractivity contribution in [2.45, 2.75) is 45.0 Å². The number of ketones is 1. The predicted molar refractivity (Wildman–Crippen MR) is 115 cm³/mol. The van der Waals surface area contributed by atoms with Crippen LogP contribution in [0.4, 0.5) is 14.9 Å². The van der Waals surface area contributed by atoms with Crippen LogP contribution in [0.1, 0.15) is 39.2 Å².